The Bertz CT molecular complexity index is 134. The zero-order chi connectivity index (χ0) is 10.1. The first-order valence-electron chi connectivity index (χ1n) is 5.47. The molecule has 1 amide bonds. The Morgan fingerprint density at radius 1 is 1.15 bits per heavy atom. The number of rotatable bonds is 7. The molecule has 1 unspecified atom stereocenters. The van der Waals surface area contributed by atoms with Gasteiger partial charge in [-0.15, -0.1) is 0 Å². The number of nitrogens with one attached hydrogen (secondary N) is 1. The maximum atomic E-state index is 11.4. The smallest absolute Gasteiger partial charge is 0.222 e. The van der Waals surface area contributed by atoms with Crippen LogP contribution in [0.15, 0.2) is 0 Å². The van der Waals surface area contributed by atoms with E-state index in [9.17, 15) is 4.79 Å². The van der Waals surface area contributed by atoms with Crippen molar-refractivity contribution in [1.29, 1.82) is 0 Å². The van der Waals surface area contributed by atoms with Crippen LogP contribution in [-0.4, -0.2) is 13.0 Å². The summed E-state index contributed by atoms with van der Waals surface area (Å²) in [5.74, 6) is 0.472. The second kappa shape index (κ2) is 8.09. The van der Waals surface area contributed by atoms with Gasteiger partial charge >= 0.3 is 0 Å². The van der Waals surface area contributed by atoms with Crippen LogP contribution in [0.2, 0.25) is 0 Å². The van der Waals surface area contributed by atoms with Gasteiger partial charge in [0.2, 0.25) is 5.91 Å². The number of amides is 1. The monoisotopic (exact) mass is 185 g/mol. The number of unbranched alkanes of at least 4 members (excludes halogenated alkanes) is 2. The Hall–Kier alpha value is -0.530. The first kappa shape index (κ1) is 12.5. The van der Waals surface area contributed by atoms with Crippen molar-refractivity contribution >= 4 is 5.91 Å². The summed E-state index contributed by atoms with van der Waals surface area (Å²) in [6, 6.07) is 0. The standard InChI is InChI=1S/C11H23NO/c1-4-6-7-9-10(8-5-2)11(13)12-3/h10H,4-9H2,1-3H3,(H,12,13). The molecule has 1 N–H and O–H groups in total. The molecule has 0 saturated carbocycles. The van der Waals surface area contributed by atoms with Gasteiger partial charge < -0.3 is 5.32 Å². The summed E-state index contributed by atoms with van der Waals surface area (Å²) in [5, 5.41) is 2.74. The minimum atomic E-state index is 0.220. The van der Waals surface area contributed by atoms with Gasteiger partial charge in [-0.25, -0.2) is 0 Å². The van der Waals surface area contributed by atoms with Crippen LogP contribution in [0, 0.1) is 5.92 Å². The molecule has 0 aromatic heterocycles. The van der Waals surface area contributed by atoms with E-state index in [1.807, 2.05) is 0 Å². The van der Waals surface area contributed by atoms with Gasteiger partial charge in [0.15, 0.2) is 0 Å². The molecule has 1 atom stereocenters. The van der Waals surface area contributed by atoms with Crippen molar-refractivity contribution < 1.29 is 4.79 Å². The largest absolute Gasteiger partial charge is 0.359 e. The van der Waals surface area contributed by atoms with E-state index in [1.165, 1.54) is 19.3 Å². The van der Waals surface area contributed by atoms with Gasteiger partial charge in [-0.05, 0) is 12.8 Å². The van der Waals surface area contributed by atoms with Gasteiger partial charge in [0, 0.05) is 13.0 Å². The fourth-order valence-corrected chi connectivity index (χ4v) is 1.60. The molecular weight excluding hydrogens is 162 g/mol. The van der Waals surface area contributed by atoms with E-state index >= 15 is 0 Å². The van der Waals surface area contributed by atoms with Crippen molar-refractivity contribution in [3.05, 3.63) is 0 Å². The molecule has 0 heterocycles. The minimum Gasteiger partial charge on any atom is -0.359 e. The predicted molar refractivity (Wildman–Crippen MR) is 56.6 cm³/mol. The maximum absolute atomic E-state index is 11.4. The number of hydrogen-bond acceptors (Lipinski definition) is 1. The number of hydrogen-bond donors (Lipinski definition) is 1. The third kappa shape index (κ3) is 5.67. The Balaban J connectivity index is 3.73. The molecule has 0 aliphatic carbocycles. The third-order valence-electron chi connectivity index (χ3n) is 2.41. The SMILES string of the molecule is CCCCCC(CCC)C(=O)NC. The van der Waals surface area contributed by atoms with Gasteiger partial charge in [-0.3, -0.25) is 4.79 Å². The number of carbonyl (C=O) groups excluding carboxylic acids is 1. The van der Waals surface area contributed by atoms with Crippen molar-refractivity contribution in [2.75, 3.05) is 7.05 Å². The van der Waals surface area contributed by atoms with Gasteiger partial charge in [-0.2, -0.15) is 0 Å². The second-order valence-electron chi connectivity index (χ2n) is 3.60. The molecule has 0 rings (SSSR count). The quantitative estimate of drug-likeness (QED) is 0.607. The van der Waals surface area contributed by atoms with E-state index in [0.717, 1.165) is 19.3 Å². The summed E-state index contributed by atoms with van der Waals surface area (Å²) in [6.07, 6.45) is 6.85. The molecule has 2 nitrogen and oxygen atoms in total. The third-order valence-corrected chi connectivity index (χ3v) is 2.41. The lowest BCUT2D eigenvalue weighted by Gasteiger charge is -2.13. The van der Waals surface area contributed by atoms with E-state index in [0.29, 0.717) is 0 Å². The van der Waals surface area contributed by atoms with Crippen molar-refractivity contribution in [1.82, 2.24) is 5.32 Å². The maximum Gasteiger partial charge on any atom is 0.222 e. The van der Waals surface area contributed by atoms with Gasteiger partial charge in [0.05, 0.1) is 0 Å². The molecule has 2 heteroatoms. The van der Waals surface area contributed by atoms with Crippen LogP contribution < -0.4 is 5.32 Å². The topological polar surface area (TPSA) is 29.1 Å². The molecule has 0 aromatic carbocycles. The molecule has 0 aliphatic heterocycles. The summed E-state index contributed by atoms with van der Waals surface area (Å²) in [5.41, 5.74) is 0. The average molecular weight is 185 g/mol. The van der Waals surface area contributed by atoms with Crippen LogP contribution in [0.5, 0.6) is 0 Å². The van der Waals surface area contributed by atoms with Crippen LogP contribution in [0.25, 0.3) is 0 Å². The Labute approximate surface area is 82.1 Å². The van der Waals surface area contributed by atoms with E-state index in [2.05, 4.69) is 19.2 Å². The first-order valence-corrected chi connectivity index (χ1v) is 5.47. The lowest BCUT2D eigenvalue weighted by Crippen LogP contribution is -2.27. The summed E-state index contributed by atoms with van der Waals surface area (Å²) < 4.78 is 0. The molecule has 0 bridgehead atoms. The van der Waals surface area contributed by atoms with Crippen molar-refractivity contribution in [2.45, 2.75) is 52.4 Å². The molecule has 0 aliphatic rings. The van der Waals surface area contributed by atoms with Crippen LogP contribution in [0.4, 0.5) is 0 Å². The highest BCUT2D eigenvalue weighted by Crippen LogP contribution is 2.15. The van der Waals surface area contributed by atoms with Crippen LogP contribution in [0.3, 0.4) is 0 Å². The molecular formula is C11H23NO. The highest BCUT2D eigenvalue weighted by Gasteiger charge is 2.14. The zero-order valence-corrected chi connectivity index (χ0v) is 9.23. The highest BCUT2D eigenvalue weighted by molar-refractivity contribution is 5.78. The lowest BCUT2D eigenvalue weighted by atomic mass is 9.96. The fraction of sp³-hybridized carbons (Fsp3) is 0.909. The summed E-state index contributed by atoms with van der Waals surface area (Å²) in [7, 11) is 1.73. The normalized spacial score (nSPS) is 12.5. The molecule has 0 saturated heterocycles. The zero-order valence-electron chi connectivity index (χ0n) is 9.23. The van der Waals surface area contributed by atoms with E-state index in [4.69, 9.17) is 0 Å². The number of carbonyl (C=O) groups is 1. The molecule has 0 aromatic rings. The van der Waals surface area contributed by atoms with E-state index in [1.54, 1.807) is 7.05 Å². The van der Waals surface area contributed by atoms with Crippen molar-refractivity contribution in [2.24, 2.45) is 5.92 Å². The van der Waals surface area contributed by atoms with Crippen LogP contribution >= 0.6 is 0 Å². The summed E-state index contributed by atoms with van der Waals surface area (Å²) in [6.45, 7) is 4.32. The molecule has 13 heavy (non-hydrogen) atoms. The predicted octanol–water partition coefficient (Wildman–Crippen LogP) is 2.73. The lowest BCUT2D eigenvalue weighted by molar-refractivity contribution is -0.125. The molecule has 0 fully saturated rings. The Morgan fingerprint density at radius 3 is 2.31 bits per heavy atom. The average Bonchev–Trinajstić information content (AvgIpc) is 2.16. The van der Waals surface area contributed by atoms with Gasteiger partial charge in [0.1, 0.15) is 0 Å². The Kier molecular flexibility index (Phi) is 7.76. The van der Waals surface area contributed by atoms with E-state index in [-0.39, 0.29) is 11.8 Å². The van der Waals surface area contributed by atoms with Gasteiger partial charge in [0.25, 0.3) is 0 Å². The summed E-state index contributed by atoms with van der Waals surface area (Å²) >= 11 is 0. The van der Waals surface area contributed by atoms with E-state index < -0.39 is 0 Å². The minimum absolute atomic E-state index is 0.220. The molecule has 0 radical (unpaired) electrons. The second-order valence-corrected chi connectivity index (χ2v) is 3.60. The summed E-state index contributed by atoms with van der Waals surface area (Å²) in [4.78, 5) is 11.4. The molecule has 0 spiro atoms. The van der Waals surface area contributed by atoms with Crippen molar-refractivity contribution in [3.63, 3.8) is 0 Å². The highest BCUT2D eigenvalue weighted by atomic mass is 16.1. The van der Waals surface area contributed by atoms with Crippen LogP contribution in [-0.2, 0) is 4.79 Å². The van der Waals surface area contributed by atoms with Gasteiger partial charge in [-0.1, -0.05) is 39.5 Å². The fourth-order valence-electron chi connectivity index (χ4n) is 1.60. The molecule has 78 valence electrons. The van der Waals surface area contributed by atoms with Crippen LogP contribution in [0.1, 0.15) is 52.4 Å². The van der Waals surface area contributed by atoms with Crippen molar-refractivity contribution in [3.8, 4) is 0 Å². The first-order chi connectivity index (χ1) is 6.26. The Morgan fingerprint density at radius 2 is 1.85 bits per heavy atom.